The molecular weight excluding hydrogens is 248 g/mol. The molecule has 0 radical (unpaired) electrons. The van der Waals surface area contributed by atoms with E-state index in [0.29, 0.717) is 5.92 Å². The van der Waals surface area contributed by atoms with Crippen molar-refractivity contribution in [3.05, 3.63) is 29.8 Å². The van der Waals surface area contributed by atoms with Crippen molar-refractivity contribution in [3.8, 4) is 5.75 Å². The number of nitrogens with one attached hydrogen (secondary N) is 1. The lowest BCUT2D eigenvalue weighted by atomic mass is 10.0. The zero-order chi connectivity index (χ0) is 13.4. The zero-order valence-electron chi connectivity index (χ0n) is 12.1. The SMILES string of the molecule is c1ccc2c(c1)OCC2CN1CCCNC(C2CC2)C1. The standard InChI is InChI=1S/C17H24N2O/c1-2-5-17-15(4-1)14(12-20-17)10-19-9-3-8-18-16(11-19)13-6-7-13/h1-2,4-5,13-14,16,18H,3,6-12H2. The van der Waals surface area contributed by atoms with Gasteiger partial charge in [-0.15, -0.1) is 0 Å². The molecule has 1 saturated carbocycles. The average molecular weight is 272 g/mol. The number of rotatable bonds is 3. The highest BCUT2D eigenvalue weighted by Crippen LogP contribution is 2.36. The van der Waals surface area contributed by atoms with Gasteiger partial charge in [0.15, 0.2) is 0 Å². The summed E-state index contributed by atoms with van der Waals surface area (Å²) >= 11 is 0. The van der Waals surface area contributed by atoms with Crippen LogP contribution in [0.15, 0.2) is 24.3 Å². The molecule has 2 fully saturated rings. The van der Waals surface area contributed by atoms with Crippen LogP contribution in [0.4, 0.5) is 0 Å². The zero-order valence-corrected chi connectivity index (χ0v) is 12.1. The molecule has 3 aliphatic rings. The van der Waals surface area contributed by atoms with E-state index in [0.717, 1.165) is 30.9 Å². The number of fused-ring (bicyclic) bond motifs is 1. The van der Waals surface area contributed by atoms with E-state index in [-0.39, 0.29) is 0 Å². The van der Waals surface area contributed by atoms with Crippen LogP contribution in [0.3, 0.4) is 0 Å². The molecule has 1 aromatic rings. The Labute approximate surface area is 121 Å². The predicted octanol–water partition coefficient (Wildman–Crippen LogP) is 2.24. The Kier molecular flexibility index (Phi) is 3.41. The van der Waals surface area contributed by atoms with Crippen molar-refractivity contribution in [3.63, 3.8) is 0 Å². The monoisotopic (exact) mass is 272 g/mol. The Morgan fingerprint density at radius 1 is 1.25 bits per heavy atom. The summed E-state index contributed by atoms with van der Waals surface area (Å²) in [7, 11) is 0. The third-order valence-corrected chi connectivity index (χ3v) is 4.98. The molecule has 0 amide bonds. The molecule has 0 bridgehead atoms. The molecule has 20 heavy (non-hydrogen) atoms. The minimum absolute atomic E-state index is 0.559. The summed E-state index contributed by atoms with van der Waals surface area (Å²) in [6.45, 7) is 5.66. The van der Waals surface area contributed by atoms with Crippen molar-refractivity contribution in [2.75, 3.05) is 32.8 Å². The van der Waals surface area contributed by atoms with Crippen LogP contribution in [0.1, 0.15) is 30.7 Å². The summed E-state index contributed by atoms with van der Waals surface area (Å²) in [6, 6.07) is 9.28. The highest BCUT2D eigenvalue weighted by atomic mass is 16.5. The third-order valence-electron chi connectivity index (χ3n) is 4.98. The summed E-state index contributed by atoms with van der Waals surface area (Å²) in [5, 5.41) is 3.74. The van der Waals surface area contributed by atoms with Crippen LogP contribution in [0.2, 0.25) is 0 Å². The molecule has 4 rings (SSSR count). The molecule has 2 unspecified atom stereocenters. The van der Waals surface area contributed by atoms with E-state index in [9.17, 15) is 0 Å². The van der Waals surface area contributed by atoms with E-state index in [2.05, 4.69) is 34.5 Å². The lowest BCUT2D eigenvalue weighted by Gasteiger charge is -2.26. The van der Waals surface area contributed by atoms with Gasteiger partial charge in [-0.25, -0.2) is 0 Å². The Morgan fingerprint density at radius 2 is 2.15 bits per heavy atom. The van der Waals surface area contributed by atoms with Gasteiger partial charge < -0.3 is 15.0 Å². The number of ether oxygens (including phenoxy) is 1. The van der Waals surface area contributed by atoms with Crippen LogP contribution in [-0.4, -0.2) is 43.7 Å². The van der Waals surface area contributed by atoms with Crippen molar-refractivity contribution in [2.24, 2.45) is 5.92 Å². The van der Waals surface area contributed by atoms with E-state index in [1.807, 2.05) is 0 Å². The first-order chi connectivity index (χ1) is 9.90. The second-order valence-electron chi connectivity index (χ2n) is 6.56. The van der Waals surface area contributed by atoms with Crippen LogP contribution in [0, 0.1) is 5.92 Å². The highest BCUT2D eigenvalue weighted by Gasteiger charge is 2.34. The Balaban J connectivity index is 1.43. The normalized spacial score (nSPS) is 30.6. The quantitative estimate of drug-likeness (QED) is 0.913. The van der Waals surface area contributed by atoms with Crippen molar-refractivity contribution < 1.29 is 4.74 Å². The smallest absolute Gasteiger partial charge is 0.122 e. The molecule has 2 atom stereocenters. The molecule has 2 aliphatic heterocycles. The van der Waals surface area contributed by atoms with E-state index >= 15 is 0 Å². The van der Waals surface area contributed by atoms with Gasteiger partial charge in [-0.2, -0.15) is 0 Å². The fourth-order valence-electron chi connectivity index (χ4n) is 3.70. The summed E-state index contributed by atoms with van der Waals surface area (Å²) in [5.41, 5.74) is 1.41. The van der Waals surface area contributed by atoms with Gasteiger partial charge >= 0.3 is 0 Å². The maximum atomic E-state index is 5.83. The van der Waals surface area contributed by atoms with Crippen LogP contribution < -0.4 is 10.1 Å². The average Bonchev–Trinajstić information content (AvgIpc) is 3.26. The minimum atomic E-state index is 0.559. The molecule has 3 heteroatoms. The molecule has 1 aliphatic carbocycles. The van der Waals surface area contributed by atoms with Crippen LogP contribution >= 0.6 is 0 Å². The first-order valence-electron chi connectivity index (χ1n) is 8.07. The summed E-state index contributed by atoms with van der Waals surface area (Å²) in [4.78, 5) is 2.67. The Bertz CT molecular complexity index is 472. The predicted molar refractivity (Wildman–Crippen MR) is 80.2 cm³/mol. The molecule has 3 nitrogen and oxygen atoms in total. The second-order valence-corrected chi connectivity index (χ2v) is 6.56. The van der Waals surface area contributed by atoms with Gasteiger partial charge in [0.1, 0.15) is 5.75 Å². The molecule has 108 valence electrons. The topological polar surface area (TPSA) is 24.5 Å². The third kappa shape index (κ3) is 2.57. The van der Waals surface area contributed by atoms with Crippen LogP contribution in [0.25, 0.3) is 0 Å². The Hall–Kier alpha value is -1.06. The second kappa shape index (κ2) is 5.38. The first-order valence-corrected chi connectivity index (χ1v) is 8.07. The molecule has 0 aromatic heterocycles. The number of nitrogens with zero attached hydrogens (tertiary/aromatic N) is 1. The van der Waals surface area contributed by atoms with Crippen molar-refractivity contribution in [2.45, 2.75) is 31.2 Å². The first kappa shape index (κ1) is 12.7. The van der Waals surface area contributed by atoms with Gasteiger partial charge in [0.25, 0.3) is 0 Å². The summed E-state index contributed by atoms with van der Waals surface area (Å²) < 4.78 is 5.83. The lowest BCUT2D eigenvalue weighted by Crippen LogP contribution is -2.40. The Morgan fingerprint density at radius 3 is 3.05 bits per heavy atom. The number of hydrogen-bond donors (Lipinski definition) is 1. The minimum Gasteiger partial charge on any atom is -0.493 e. The van der Waals surface area contributed by atoms with Gasteiger partial charge in [0.2, 0.25) is 0 Å². The van der Waals surface area contributed by atoms with E-state index in [4.69, 9.17) is 4.74 Å². The summed E-state index contributed by atoms with van der Waals surface area (Å²) in [6.07, 6.45) is 4.14. The molecule has 1 saturated heterocycles. The van der Waals surface area contributed by atoms with Crippen LogP contribution in [-0.2, 0) is 0 Å². The van der Waals surface area contributed by atoms with E-state index in [1.54, 1.807) is 0 Å². The number of benzene rings is 1. The van der Waals surface area contributed by atoms with Crippen molar-refractivity contribution >= 4 is 0 Å². The van der Waals surface area contributed by atoms with Gasteiger partial charge in [0.05, 0.1) is 6.61 Å². The largest absolute Gasteiger partial charge is 0.493 e. The van der Waals surface area contributed by atoms with E-state index in [1.165, 1.54) is 44.5 Å². The van der Waals surface area contributed by atoms with Crippen molar-refractivity contribution in [1.29, 1.82) is 0 Å². The van der Waals surface area contributed by atoms with Gasteiger partial charge in [-0.3, -0.25) is 0 Å². The van der Waals surface area contributed by atoms with Gasteiger partial charge in [0, 0.05) is 30.6 Å². The van der Waals surface area contributed by atoms with Crippen LogP contribution in [0.5, 0.6) is 5.75 Å². The maximum Gasteiger partial charge on any atom is 0.122 e. The molecule has 2 heterocycles. The number of hydrogen-bond acceptors (Lipinski definition) is 3. The fourth-order valence-corrected chi connectivity index (χ4v) is 3.70. The fraction of sp³-hybridized carbons (Fsp3) is 0.647. The van der Waals surface area contributed by atoms with Gasteiger partial charge in [-0.05, 0) is 44.3 Å². The number of para-hydroxylation sites is 1. The van der Waals surface area contributed by atoms with E-state index < -0.39 is 0 Å². The molecule has 1 aromatic carbocycles. The molecule has 1 N–H and O–H groups in total. The molecular formula is C17H24N2O. The lowest BCUT2D eigenvalue weighted by molar-refractivity contribution is 0.224. The maximum absolute atomic E-state index is 5.83. The van der Waals surface area contributed by atoms with Gasteiger partial charge in [-0.1, -0.05) is 18.2 Å². The summed E-state index contributed by atoms with van der Waals surface area (Å²) in [5.74, 6) is 2.61. The van der Waals surface area contributed by atoms with Crippen molar-refractivity contribution in [1.82, 2.24) is 10.2 Å². The highest BCUT2D eigenvalue weighted by molar-refractivity contribution is 5.39. The molecule has 0 spiro atoms.